The third-order valence-corrected chi connectivity index (χ3v) is 5.91. The highest BCUT2D eigenvalue weighted by molar-refractivity contribution is 6.00. The molecule has 5 aromatic rings. The van der Waals surface area contributed by atoms with Gasteiger partial charge in [0.25, 0.3) is 0 Å². The van der Waals surface area contributed by atoms with Crippen LogP contribution in [0, 0.1) is 0 Å². The lowest BCUT2D eigenvalue weighted by Gasteiger charge is -2.07. The van der Waals surface area contributed by atoms with Crippen LogP contribution in [0.1, 0.15) is 26.5 Å². The SMILES string of the molecule is C=C(C)/C=C(\C=C(/C)CNCC)c1ccc2[nH]nc(-c3cc4c(-c5ccoc5)cccc4[nH]3)c2n1. The Balaban J connectivity index is 1.60. The predicted octanol–water partition coefficient (Wildman–Crippen LogP) is 6.88. The van der Waals surface area contributed by atoms with Gasteiger partial charge in [-0.2, -0.15) is 5.10 Å². The van der Waals surface area contributed by atoms with Gasteiger partial charge in [-0.05, 0) is 56.3 Å². The van der Waals surface area contributed by atoms with E-state index < -0.39 is 0 Å². The molecule has 176 valence electrons. The van der Waals surface area contributed by atoms with Gasteiger partial charge in [-0.25, -0.2) is 4.98 Å². The standard InChI is InChI=1S/C29H29N5O/c1-5-30-16-19(4)14-21(13-18(2)3)24-9-10-26-28(32-24)29(34-33-26)27-15-23-22(20-11-12-35-17-20)7-6-8-25(23)31-27/h6-15,17,30-31H,2,5,16H2,1,3-4H3,(H,33,34)/b19-14+,21-13+. The Kier molecular flexibility index (Phi) is 6.21. The molecule has 0 radical (unpaired) electrons. The predicted molar refractivity (Wildman–Crippen MR) is 144 cm³/mol. The lowest BCUT2D eigenvalue weighted by molar-refractivity contribution is 0.568. The molecule has 0 saturated carbocycles. The van der Waals surface area contributed by atoms with Gasteiger partial charge in [0.2, 0.25) is 0 Å². The second-order valence-electron chi connectivity index (χ2n) is 8.84. The van der Waals surface area contributed by atoms with E-state index >= 15 is 0 Å². The molecule has 6 heteroatoms. The van der Waals surface area contributed by atoms with Gasteiger partial charge in [0.1, 0.15) is 11.2 Å². The van der Waals surface area contributed by atoms with Crippen molar-refractivity contribution in [3.63, 3.8) is 0 Å². The quantitative estimate of drug-likeness (QED) is 0.219. The number of nitrogens with zero attached hydrogens (tertiary/aromatic N) is 2. The summed E-state index contributed by atoms with van der Waals surface area (Å²) >= 11 is 0. The maximum absolute atomic E-state index is 5.31. The van der Waals surface area contributed by atoms with Crippen molar-refractivity contribution in [1.82, 2.24) is 25.5 Å². The van der Waals surface area contributed by atoms with Crippen molar-refractivity contribution in [2.75, 3.05) is 13.1 Å². The summed E-state index contributed by atoms with van der Waals surface area (Å²) in [7, 11) is 0. The number of hydrogen-bond donors (Lipinski definition) is 3. The Labute approximate surface area is 204 Å². The monoisotopic (exact) mass is 463 g/mol. The minimum Gasteiger partial charge on any atom is -0.472 e. The van der Waals surface area contributed by atoms with E-state index in [1.54, 1.807) is 12.5 Å². The van der Waals surface area contributed by atoms with Crippen LogP contribution in [0.25, 0.3) is 50.0 Å². The minimum atomic E-state index is 0.791. The maximum atomic E-state index is 5.31. The molecule has 35 heavy (non-hydrogen) atoms. The van der Waals surface area contributed by atoms with Crippen molar-refractivity contribution >= 4 is 27.5 Å². The molecule has 4 heterocycles. The fourth-order valence-corrected chi connectivity index (χ4v) is 4.29. The van der Waals surface area contributed by atoms with Crippen LogP contribution in [0.4, 0.5) is 0 Å². The maximum Gasteiger partial charge on any atom is 0.135 e. The summed E-state index contributed by atoms with van der Waals surface area (Å²) in [6.07, 6.45) is 7.70. The first-order chi connectivity index (χ1) is 17.0. The first-order valence-corrected chi connectivity index (χ1v) is 11.8. The highest BCUT2D eigenvalue weighted by Crippen LogP contribution is 2.34. The number of aromatic amines is 2. The fourth-order valence-electron chi connectivity index (χ4n) is 4.29. The second-order valence-corrected chi connectivity index (χ2v) is 8.84. The Hall–Kier alpha value is -4.16. The smallest absolute Gasteiger partial charge is 0.135 e. The van der Waals surface area contributed by atoms with Crippen molar-refractivity contribution in [3.8, 4) is 22.5 Å². The van der Waals surface area contributed by atoms with E-state index in [1.807, 2.05) is 31.2 Å². The summed E-state index contributed by atoms with van der Waals surface area (Å²) in [5, 5.41) is 12.2. The normalized spacial score (nSPS) is 12.7. The molecule has 0 aliphatic carbocycles. The first kappa shape index (κ1) is 22.6. The van der Waals surface area contributed by atoms with E-state index in [9.17, 15) is 0 Å². The molecule has 0 saturated heterocycles. The van der Waals surface area contributed by atoms with E-state index in [1.165, 1.54) is 5.57 Å². The van der Waals surface area contributed by atoms with Gasteiger partial charge >= 0.3 is 0 Å². The van der Waals surface area contributed by atoms with E-state index in [-0.39, 0.29) is 0 Å². The third-order valence-electron chi connectivity index (χ3n) is 5.91. The number of H-pyrrole nitrogens is 2. The molecule has 4 aromatic heterocycles. The number of benzene rings is 1. The highest BCUT2D eigenvalue weighted by atomic mass is 16.3. The van der Waals surface area contributed by atoms with Gasteiger partial charge in [0.05, 0.1) is 29.4 Å². The lowest BCUT2D eigenvalue weighted by Crippen LogP contribution is -2.14. The summed E-state index contributed by atoms with van der Waals surface area (Å²) in [5.41, 5.74) is 10.7. The van der Waals surface area contributed by atoms with Crippen molar-refractivity contribution in [2.24, 2.45) is 0 Å². The number of nitrogens with one attached hydrogen (secondary N) is 3. The number of aromatic nitrogens is 4. The van der Waals surface area contributed by atoms with Gasteiger partial charge in [-0.3, -0.25) is 5.10 Å². The van der Waals surface area contributed by atoms with Crippen LogP contribution in [0.5, 0.6) is 0 Å². The van der Waals surface area contributed by atoms with Crippen LogP contribution in [-0.4, -0.2) is 33.3 Å². The van der Waals surface area contributed by atoms with Crippen LogP contribution < -0.4 is 5.32 Å². The molecule has 6 nitrogen and oxygen atoms in total. The van der Waals surface area contributed by atoms with Crippen molar-refractivity contribution in [2.45, 2.75) is 20.8 Å². The number of allylic oxidation sites excluding steroid dienone is 4. The van der Waals surface area contributed by atoms with Gasteiger partial charge < -0.3 is 14.7 Å². The van der Waals surface area contributed by atoms with Crippen LogP contribution >= 0.6 is 0 Å². The molecule has 3 N–H and O–H groups in total. The molecule has 0 aliphatic heterocycles. The average molecular weight is 464 g/mol. The molecule has 0 unspecified atom stereocenters. The Morgan fingerprint density at radius 2 is 2.00 bits per heavy atom. The average Bonchev–Trinajstić information content (AvgIpc) is 3.60. The number of fused-ring (bicyclic) bond motifs is 2. The largest absolute Gasteiger partial charge is 0.472 e. The zero-order valence-corrected chi connectivity index (χ0v) is 20.3. The van der Waals surface area contributed by atoms with E-state index in [4.69, 9.17) is 9.40 Å². The summed E-state index contributed by atoms with van der Waals surface area (Å²) in [6, 6.07) is 14.4. The molecule has 0 amide bonds. The van der Waals surface area contributed by atoms with Crippen molar-refractivity contribution in [3.05, 3.63) is 90.6 Å². The van der Waals surface area contributed by atoms with Crippen molar-refractivity contribution in [1.29, 1.82) is 0 Å². The summed E-state index contributed by atoms with van der Waals surface area (Å²) < 4.78 is 5.31. The molecule has 0 bridgehead atoms. The minimum absolute atomic E-state index is 0.791. The summed E-state index contributed by atoms with van der Waals surface area (Å²) in [4.78, 5) is 8.56. The number of rotatable bonds is 8. The zero-order valence-electron chi connectivity index (χ0n) is 20.3. The number of hydrogen-bond acceptors (Lipinski definition) is 4. The van der Waals surface area contributed by atoms with Gasteiger partial charge in [-0.15, -0.1) is 0 Å². The van der Waals surface area contributed by atoms with Crippen molar-refractivity contribution < 1.29 is 4.42 Å². The van der Waals surface area contributed by atoms with Gasteiger partial charge in [0, 0.05) is 28.6 Å². The van der Waals surface area contributed by atoms with E-state index in [0.29, 0.717) is 0 Å². The molecular weight excluding hydrogens is 434 g/mol. The Morgan fingerprint density at radius 3 is 2.77 bits per heavy atom. The van der Waals surface area contributed by atoms with Crippen LogP contribution in [0.2, 0.25) is 0 Å². The summed E-state index contributed by atoms with van der Waals surface area (Å²) in [6.45, 7) is 12.1. The van der Waals surface area contributed by atoms with Gasteiger partial charge in [0.15, 0.2) is 0 Å². The lowest BCUT2D eigenvalue weighted by atomic mass is 10.0. The molecular formula is C29H29N5O. The third kappa shape index (κ3) is 4.61. The molecule has 0 aliphatic rings. The van der Waals surface area contributed by atoms with Crippen LogP contribution in [-0.2, 0) is 0 Å². The molecule has 0 spiro atoms. The van der Waals surface area contributed by atoms with E-state index in [0.717, 1.165) is 74.4 Å². The number of furan rings is 1. The zero-order chi connectivity index (χ0) is 24.4. The molecule has 0 atom stereocenters. The van der Waals surface area contributed by atoms with Gasteiger partial charge in [-0.1, -0.05) is 48.9 Å². The number of likely N-dealkylation sites (N-methyl/N-ethyl adjacent to an activating group) is 1. The van der Waals surface area contributed by atoms with E-state index in [2.05, 4.69) is 71.3 Å². The molecule has 0 fully saturated rings. The first-order valence-electron chi connectivity index (χ1n) is 11.8. The Morgan fingerprint density at radius 1 is 1.11 bits per heavy atom. The molecule has 1 aromatic carbocycles. The van der Waals surface area contributed by atoms with Crippen LogP contribution in [0.15, 0.2) is 89.3 Å². The summed E-state index contributed by atoms with van der Waals surface area (Å²) in [5.74, 6) is 0. The fraction of sp³-hybridized carbons (Fsp3) is 0.172. The molecule has 5 rings (SSSR count). The Bertz CT molecular complexity index is 1560. The highest BCUT2D eigenvalue weighted by Gasteiger charge is 2.16. The number of pyridine rings is 1. The topological polar surface area (TPSA) is 82.5 Å². The van der Waals surface area contributed by atoms with Crippen LogP contribution in [0.3, 0.4) is 0 Å². The second kappa shape index (κ2) is 9.60.